The third kappa shape index (κ3) is 7.63. The largest absolute Gasteiger partial charge is 0.493 e. The standard InChI is InChI=1S/C33H34O5S/c1-5-6-25(18-32(34)35)24-9-7-23(8-10-24)20-38-27-12-14-31-29(19-27)30(21-39-31)28-13-11-26(17-22(28)2)37-16-15-33(3,4)36/h7-14,17,19,21,25,36H,15-16,18,20H2,1-4H3,(H,34,35)/t25-/m0/s1. The normalized spacial score (nSPS) is 12.0. The van der Waals surface area contributed by atoms with Gasteiger partial charge in [0.1, 0.15) is 18.1 Å². The van der Waals surface area contributed by atoms with Gasteiger partial charge >= 0.3 is 5.97 Å². The van der Waals surface area contributed by atoms with E-state index in [1.54, 1.807) is 32.1 Å². The summed E-state index contributed by atoms with van der Waals surface area (Å²) >= 11 is 1.71. The molecule has 0 spiro atoms. The first-order valence-electron chi connectivity index (χ1n) is 13.0. The fraction of sp³-hybridized carbons (Fsp3) is 0.303. The topological polar surface area (TPSA) is 76.0 Å². The molecule has 0 saturated carbocycles. The summed E-state index contributed by atoms with van der Waals surface area (Å²) in [7, 11) is 0. The van der Waals surface area contributed by atoms with Crippen molar-refractivity contribution >= 4 is 27.4 Å². The molecule has 0 fully saturated rings. The van der Waals surface area contributed by atoms with Crippen molar-refractivity contribution < 1.29 is 24.5 Å². The second-order valence-corrected chi connectivity index (χ2v) is 11.2. The van der Waals surface area contributed by atoms with Crippen molar-refractivity contribution in [1.29, 1.82) is 0 Å². The van der Waals surface area contributed by atoms with Gasteiger partial charge in [0.25, 0.3) is 0 Å². The van der Waals surface area contributed by atoms with Crippen LogP contribution in [0.3, 0.4) is 0 Å². The van der Waals surface area contributed by atoms with E-state index in [1.807, 2.05) is 42.5 Å². The lowest BCUT2D eigenvalue weighted by atomic mass is 9.95. The van der Waals surface area contributed by atoms with Gasteiger partial charge in [-0.05, 0) is 85.7 Å². The quantitative estimate of drug-likeness (QED) is 0.191. The molecule has 1 aromatic heterocycles. The number of aliphatic carboxylic acids is 1. The van der Waals surface area contributed by atoms with Crippen LogP contribution in [-0.4, -0.2) is 28.4 Å². The summed E-state index contributed by atoms with van der Waals surface area (Å²) in [6.07, 6.45) is 0.547. The van der Waals surface area contributed by atoms with Crippen LogP contribution in [0.2, 0.25) is 0 Å². The highest BCUT2D eigenvalue weighted by Crippen LogP contribution is 2.38. The third-order valence-electron chi connectivity index (χ3n) is 6.50. The zero-order chi connectivity index (χ0) is 28.0. The van der Waals surface area contributed by atoms with Crippen LogP contribution in [-0.2, 0) is 11.4 Å². The van der Waals surface area contributed by atoms with Gasteiger partial charge in [-0.15, -0.1) is 17.3 Å². The fourth-order valence-corrected chi connectivity index (χ4v) is 5.31. The summed E-state index contributed by atoms with van der Waals surface area (Å²) in [6, 6.07) is 20.1. The molecule has 0 aliphatic rings. The smallest absolute Gasteiger partial charge is 0.304 e. The van der Waals surface area contributed by atoms with Crippen molar-refractivity contribution in [2.45, 2.75) is 58.7 Å². The Bertz CT molecular complexity index is 1500. The SMILES string of the molecule is CC#C[C@@H](CC(=O)O)c1ccc(COc2ccc3scc(-c4ccc(OCCC(C)(C)O)cc4C)c3c2)cc1. The Labute approximate surface area is 234 Å². The molecular formula is C33H34O5S. The van der Waals surface area contributed by atoms with Gasteiger partial charge in [-0.3, -0.25) is 4.79 Å². The number of rotatable bonds is 11. The monoisotopic (exact) mass is 542 g/mol. The molecule has 0 amide bonds. The number of aryl methyl sites for hydroxylation is 1. The summed E-state index contributed by atoms with van der Waals surface area (Å²) in [6.45, 7) is 8.23. The second-order valence-electron chi connectivity index (χ2n) is 10.3. The van der Waals surface area contributed by atoms with Crippen LogP contribution in [0.25, 0.3) is 21.2 Å². The van der Waals surface area contributed by atoms with Gasteiger partial charge in [0.05, 0.1) is 24.5 Å². The molecular weight excluding hydrogens is 508 g/mol. The number of carboxylic acid groups (broad SMARTS) is 1. The molecule has 2 N–H and O–H groups in total. The number of benzene rings is 3. The number of fused-ring (bicyclic) bond motifs is 1. The first-order chi connectivity index (χ1) is 18.6. The van der Waals surface area contributed by atoms with Crippen molar-refractivity contribution in [3.63, 3.8) is 0 Å². The summed E-state index contributed by atoms with van der Waals surface area (Å²) in [5.41, 5.74) is 4.57. The van der Waals surface area contributed by atoms with E-state index in [9.17, 15) is 15.0 Å². The van der Waals surface area contributed by atoms with Crippen LogP contribution in [0.15, 0.2) is 66.0 Å². The molecule has 4 rings (SSSR count). The lowest BCUT2D eigenvalue weighted by Gasteiger charge is -2.17. The molecule has 0 bridgehead atoms. The maximum Gasteiger partial charge on any atom is 0.304 e. The van der Waals surface area contributed by atoms with Crippen molar-refractivity contribution in [2.24, 2.45) is 0 Å². The third-order valence-corrected chi connectivity index (χ3v) is 7.46. The van der Waals surface area contributed by atoms with Gasteiger partial charge in [-0.1, -0.05) is 36.3 Å². The van der Waals surface area contributed by atoms with Crippen molar-refractivity contribution in [3.8, 4) is 34.5 Å². The first-order valence-corrected chi connectivity index (χ1v) is 13.8. The van der Waals surface area contributed by atoms with E-state index in [4.69, 9.17) is 9.47 Å². The molecule has 5 nitrogen and oxygen atoms in total. The van der Waals surface area contributed by atoms with Crippen molar-refractivity contribution in [1.82, 2.24) is 0 Å². The average molecular weight is 543 g/mol. The van der Waals surface area contributed by atoms with Gasteiger partial charge < -0.3 is 19.7 Å². The van der Waals surface area contributed by atoms with E-state index in [-0.39, 0.29) is 12.3 Å². The van der Waals surface area contributed by atoms with E-state index in [0.717, 1.165) is 44.7 Å². The number of thiophene rings is 1. The highest BCUT2D eigenvalue weighted by atomic mass is 32.1. The minimum atomic E-state index is -0.861. The number of hydrogen-bond donors (Lipinski definition) is 2. The van der Waals surface area contributed by atoms with Crippen LogP contribution in [0, 0.1) is 18.8 Å². The molecule has 4 aromatic rings. The molecule has 3 aromatic carbocycles. The van der Waals surface area contributed by atoms with Crippen LogP contribution in [0.4, 0.5) is 0 Å². The van der Waals surface area contributed by atoms with E-state index in [0.29, 0.717) is 19.6 Å². The van der Waals surface area contributed by atoms with Gasteiger partial charge in [-0.2, -0.15) is 0 Å². The zero-order valence-corrected chi connectivity index (χ0v) is 23.6. The highest BCUT2D eigenvalue weighted by molar-refractivity contribution is 7.17. The van der Waals surface area contributed by atoms with Crippen LogP contribution >= 0.6 is 11.3 Å². The lowest BCUT2D eigenvalue weighted by Crippen LogP contribution is -2.21. The van der Waals surface area contributed by atoms with E-state index in [1.165, 1.54) is 4.70 Å². The van der Waals surface area contributed by atoms with Crippen LogP contribution in [0.1, 0.15) is 56.2 Å². The number of aliphatic hydroxyl groups is 1. The number of hydrogen-bond acceptors (Lipinski definition) is 5. The molecule has 0 unspecified atom stereocenters. The first kappa shape index (κ1) is 28.2. The molecule has 0 saturated heterocycles. The highest BCUT2D eigenvalue weighted by Gasteiger charge is 2.15. The molecule has 1 heterocycles. The molecule has 0 radical (unpaired) electrons. The number of carbonyl (C=O) groups is 1. The molecule has 0 aliphatic carbocycles. The maximum absolute atomic E-state index is 11.2. The predicted molar refractivity (Wildman–Crippen MR) is 158 cm³/mol. The molecule has 202 valence electrons. The number of carboxylic acids is 1. The summed E-state index contributed by atoms with van der Waals surface area (Å²) in [4.78, 5) is 11.2. The Morgan fingerprint density at radius 2 is 1.72 bits per heavy atom. The predicted octanol–water partition coefficient (Wildman–Crippen LogP) is 7.58. The minimum absolute atomic E-state index is 0.0169. The summed E-state index contributed by atoms with van der Waals surface area (Å²) in [5.74, 6) is 6.22. The minimum Gasteiger partial charge on any atom is -0.493 e. The Kier molecular flexibility index (Phi) is 8.96. The Balaban J connectivity index is 1.46. The fourth-order valence-electron chi connectivity index (χ4n) is 4.37. The Hall–Kier alpha value is -3.79. The van der Waals surface area contributed by atoms with Gasteiger partial charge in [0.15, 0.2) is 0 Å². The molecule has 1 atom stereocenters. The molecule has 6 heteroatoms. The Morgan fingerprint density at radius 1 is 1.00 bits per heavy atom. The van der Waals surface area contributed by atoms with Gasteiger partial charge in [0.2, 0.25) is 0 Å². The van der Waals surface area contributed by atoms with Crippen LogP contribution < -0.4 is 9.47 Å². The number of ether oxygens (including phenoxy) is 2. The second kappa shape index (κ2) is 12.4. The van der Waals surface area contributed by atoms with E-state index in [2.05, 4.69) is 42.3 Å². The van der Waals surface area contributed by atoms with Gasteiger partial charge in [-0.25, -0.2) is 0 Å². The lowest BCUT2D eigenvalue weighted by molar-refractivity contribution is -0.137. The maximum atomic E-state index is 11.2. The average Bonchev–Trinajstić information content (AvgIpc) is 3.30. The molecule has 0 aliphatic heterocycles. The zero-order valence-electron chi connectivity index (χ0n) is 22.8. The van der Waals surface area contributed by atoms with E-state index < -0.39 is 11.6 Å². The summed E-state index contributed by atoms with van der Waals surface area (Å²) < 4.78 is 13.2. The van der Waals surface area contributed by atoms with Crippen molar-refractivity contribution in [3.05, 3.63) is 82.7 Å². The van der Waals surface area contributed by atoms with Crippen molar-refractivity contribution in [2.75, 3.05) is 6.61 Å². The van der Waals surface area contributed by atoms with Crippen LogP contribution in [0.5, 0.6) is 11.5 Å². The summed E-state index contributed by atoms with van der Waals surface area (Å²) in [5, 5.41) is 22.4. The van der Waals surface area contributed by atoms with E-state index >= 15 is 0 Å². The van der Waals surface area contributed by atoms with Gasteiger partial charge in [0, 0.05) is 22.1 Å². The molecule has 39 heavy (non-hydrogen) atoms. The Morgan fingerprint density at radius 3 is 2.38 bits per heavy atom.